The molecule has 1 aromatic carbocycles. The molecular weight excluding hydrogens is 518 g/mol. The topological polar surface area (TPSA) is 116 Å². The van der Waals surface area contributed by atoms with Crippen molar-refractivity contribution in [2.24, 2.45) is 0 Å². The minimum absolute atomic E-state index is 0.209. The van der Waals surface area contributed by atoms with Crippen LogP contribution in [0.5, 0.6) is 0 Å². The van der Waals surface area contributed by atoms with Crippen molar-refractivity contribution in [2.75, 3.05) is 62.7 Å². The fraction of sp³-hybridized carbons (Fsp3) is 0.333. The molecule has 11 heteroatoms. The largest absolute Gasteiger partial charge is 0.373 e. The SMILES string of the molecule is CN1CCN(c2ccc(-c3cnc(N4CCO[C@H](Cn5nc(-c6cccc(C#N)c6)ccc5=O)C4)nc3)cn2)CC1. The first-order valence-electron chi connectivity index (χ1n) is 13.7. The van der Waals surface area contributed by atoms with Crippen LogP contribution in [0.4, 0.5) is 11.8 Å². The second kappa shape index (κ2) is 11.8. The Kier molecular flexibility index (Phi) is 7.67. The summed E-state index contributed by atoms with van der Waals surface area (Å²) in [5.41, 5.74) is 3.61. The Labute approximate surface area is 238 Å². The number of nitriles is 1. The Morgan fingerprint density at radius 3 is 2.46 bits per heavy atom. The number of nitrogens with zero attached hydrogens (tertiary/aromatic N) is 9. The number of morpholine rings is 1. The lowest BCUT2D eigenvalue weighted by Crippen LogP contribution is -2.46. The van der Waals surface area contributed by atoms with Crippen LogP contribution < -0.4 is 15.4 Å². The van der Waals surface area contributed by atoms with Gasteiger partial charge in [-0.3, -0.25) is 4.79 Å². The van der Waals surface area contributed by atoms with E-state index in [0.29, 0.717) is 43.4 Å². The summed E-state index contributed by atoms with van der Waals surface area (Å²) in [6.07, 6.45) is 5.27. The third-order valence-corrected chi connectivity index (χ3v) is 7.50. The molecule has 2 aliphatic heterocycles. The highest BCUT2D eigenvalue weighted by molar-refractivity contribution is 5.63. The smallest absolute Gasteiger partial charge is 0.266 e. The van der Waals surface area contributed by atoms with Crippen molar-refractivity contribution in [1.82, 2.24) is 29.6 Å². The van der Waals surface area contributed by atoms with Crippen molar-refractivity contribution in [1.29, 1.82) is 5.26 Å². The third kappa shape index (κ3) is 6.09. The highest BCUT2D eigenvalue weighted by Gasteiger charge is 2.24. The zero-order chi connectivity index (χ0) is 28.2. The Bertz CT molecular complexity index is 1590. The van der Waals surface area contributed by atoms with E-state index in [0.717, 1.165) is 48.7 Å². The Morgan fingerprint density at radius 2 is 1.71 bits per heavy atom. The number of aromatic nitrogens is 5. The van der Waals surface area contributed by atoms with Crippen molar-refractivity contribution in [3.63, 3.8) is 0 Å². The molecule has 208 valence electrons. The number of hydrogen-bond acceptors (Lipinski definition) is 10. The van der Waals surface area contributed by atoms with Crippen LogP contribution in [-0.4, -0.2) is 88.7 Å². The molecule has 0 saturated carbocycles. The average Bonchev–Trinajstić information content (AvgIpc) is 3.03. The van der Waals surface area contributed by atoms with Gasteiger partial charge in [-0.25, -0.2) is 19.6 Å². The van der Waals surface area contributed by atoms with Gasteiger partial charge in [0.25, 0.3) is 5.56 Å². The molecule has 2 fully saturated rings. The van der Waals surface area contributed by atoms with Crippen LogP contribution in [0.2, 0.25) is 0 Å². The predicted octanol–water partition coefficient (Wildman–Crippen LogP) is 2.29. The van der Waals surface area contributed by atoms with E-state index in [9.17, 15) is 10.1 Å². The minimum Gasteiger partial charge on any atom is -0.373 e. The predicted molar refractivity (Wildman–Crippen MR) is 156 cm³/mol. The third-order valence-electron chi connectivity index (χ3n) is 7.50. The van der Waals surface area contributed by atoms with E-state index < -0.39 is 0 Å². The van der Waals surface area contributed by atoms with Crippen molar-refractivity contribution >= 4 is 11.8 Å². The summed E-state index contributed by atoms with van der Waals surface area (Å²) in [4.78, 5) is 33.2. The molecule has 0 N–H and O–H groups in total. The van der Waals surface area contributed by atoms with Crippen LogP contribution in [0.15, 0.2) is 71.9 Å². The Hall–Kier alpha value is -4.66. The lowest BCUT2D eigenvalue weighted by Gasteiger charge is -2.33. The normalized spacial score (nSPS) is 17.8. The van der Waals surface area contributed by atoms with E-state index in [1.807, 2.05) is 24.7 Å². The summed E-state index contributed by atoms with van der Waals surface area (Å²) >= 11 is 0. The van der Waals surface area contributed by atoms with Gasteiger partial charge in [-0.1, -0.05) is 12.1 Å². The van der Waals surface area contributed by atoms with E-state index in [4.69, 9.17) is 4.74 Å². The molecule has 1 atom stereocenters. The molecule has 0 radical (unpaired) electrons. The maximum Gasteiger partial charge on any atom is 0.266 e. The van der Waals surface area contributed by atoms with E-state index in [-0.39, 0.29) is 11.7 Å². The van der Waals surface area contributed by atoms with Crippen LogP contribution in [0, 0.1) is 11.3 Å². The van der Waals surface area contributed by atoms with Gasteiger partial charge < -0.3 is 19.4 Å². The van der Waals surface area contributed by atoms with Gasteiger partial charge >= 0.3 is 0 Å². The first-order chi connectivity index (χ1) is 20.1. The van der Waals surface area contributed by atoms with E-state index in [2.05, 4.69) is 60.0 Å². The summed E-state index contributed by atoms with van der Waals surface area (Å²) in [5, 5.41) is 13.8. The molecule has 0 spiro atoms. The number of piperazine rings is 1. The number of benzene rings is 1. The summed E-state index contributed by atoms with van der Waals surface area (Å²) in [5.74, 6) is 1.61. The van der Waals surface area contributed by atoms with E-state index in [1.165, 1.54) is 10.7 Å². The number of anilines is 2. The van der Waals surface area contributed by atoms with E-state index in [1.54, 1.807) is 24.3 Å². The monoisotopic (exact) mass is 549 g/mol. The number of rotatable bonds is 6. The lowest BCUT2D eigenvalue weighted by molar-refractivity contribution is 0.0260. The molecule has 6 rings (SSSR count). The second-order valence-electron chi connectivity index (χ2n) is 10.3. The molecule has 2 saturated heterocycles. The summed E-state index contributed by atoms with van der Waals surface area (Å²) in [6.45, 7) is 6.01. The van der Waals surface area contributed by atoms with Crippen molar-refractivity contribution in [2.45, 2.75) is 12.6 Å². The van der Waals surface area contributed by atoms with Crippen LogP contribution in [0.3, 0.4) is 0 Å². The zero-order valence-electron chi connectivity index (χ0n) is 22.9. The second-order valence-corrected chi connectivity index (χ2v) is 10.3. The number of likely N-dealkylation sites (N-methyl/N-ethyl adjacent to an activating group) is 1. The van der Waals surface area contributed by atoms with Crippen LogP contribution >= 0.6 is 0 Å². The quantitative estimate of drug-likeness (QED) is 0.355. The van der Waals surface area contributed by atoms with Crippen LogP contribution in [0.1, 0.15) is 5.56 Å². The van der Waals surface area contributed by atoms with Gasteiger partial charge in [0, 0.05) is 80.6 Å². The molecule has 0 unspecified atom stereocenters. The van der Waals surface area contributed by atoms with Gasteiger partial charge in [-0.05, 0) is 37.4 Å². The van der Waals surface area contributed by atoms with Crippen molar-refractivity contribution < 1.29 is 4.74 Å². The molecule has 3 aromatic heterocycles. The minimum atomic E-state index is -0.260. The summed E-state index contributed by atoms with van der Waals surface area (Å²) < 4.78 is 7.40. The first-order valence-corrected chi connectivity index (χ1v) is 13.7. The molecule has 2 aliphatic rings. The van der Waals surface area contributed by atoms with Gasteiger partial charge in [-0.15, -0.1) is 0 Å². The Balaban J connectivity index is 1.11. The van der Waals surface area contributed by atoms with Crippen molar-refractivity contribution in [3.8, 4) is 28.5 Å². The molecular formula is C30H31N9O2. The van der Waals surface area contributed by atoms with E-state index >= 15 is 0 Å². The van der Waals surface area contributed by atoms with Gasteiger partial charge in [0.05, 0.1) is 36.6 Å². The van der Waals surface area contributed by atoms with Gasteiger partial charge in [0.1, 0.15) is 5.82 Å². The number of pyridine rings is 1. The van der Waals surface area contributed by atoms with Crippen LogP contribution in [0.25, 0.3) is 22.4 Å². The lowest BCUT2D eigenvalue weighted by atomic mass is 10.1. The molecule has 0 aliphatic carbocycles. The average molecular weight is 550 g/mol. The number of hydrogen-bond donors (Lipinski definition) is 0. The maximum atomic E-state index is 12.6. The maximum absolute atomic E-state index is 12.6. The van der Waals surface area contributed by atoms with Gasteiger partial charge in [0.15, 0.2) is 0 Å². The zero-order valence-corrected chi connectivity index (χ0v) is 22.9. The molecule has 11 nitrogen and oxygen atoms in total. The summed E-state index contributed by atoms with van der Waals surface area (Å²) in [6, 6.07) is 16.6. The van der Waals surface area contributed by atoms with Crippen molar-refractivity contribution in [3.05, 3.63) is 83.0 Å². The van der Waals surface area contributed by atoms with Crippen LogP contribution in [-0.2, 0) is 11.3 Å². The standard InChI is InChI=1S/C30H31N9O2/c1-36-9-11-37(12-10-36)28-7-5-24(17-32-28)25-18-33-30(34-19-25)38-13-14-41-26(20-38)21-39-29(40)8-6-27(35-39)23-4-2-3-22(15-23)16-31/h2-8,15,17-19,26H,9-14,20-21H2,1H3/t26-/m0/s1. The van der Waals surface area contributed by atoms with Gasteiger partial charge in [0.2, 0.25) is 5.95 Å². The molecule has 4 aromatic rings. The molecule has 41 heavy (non-hydrogen) atoms. The Morgan fingerprint density at radius 1 is 0.902 bits per heavy atom. The molecule has 5 heterocycles. The fourth-order valence-corrected chi connectivity index (χ4v) is 5.10. The summed E-state index contributed by atoms with van der Waals surface area (Å²) in [7, 11) is 2.14. The highest BCUT2D eigenvalue weighted by Crippen LogP contribution is 2.23. The number of ether oxygens (including phenoxy) is 1. The van der Waals surface area contributed by atoms with Gasteiger partial charge in [-0.2, -0.15) is 10.4 Å². The fourth-order valence-electron chi connectivity index (χ4n) is 5.10. The first kappa shape index (κ1) is 26.6. The highest BCUT2D eigenvalue weighted by atomic mass is 16.5. The molecule has 0 bridgehead atoms. The molecule has 0 amide bonds.